The standard InChI is InChI=1S/C10H8Br2N4O4S/c1-16-9(8(12)13-15-16)21(19,20)14-7-3-2-5(10(17)18)4-6(7)11/h2-4,14H,1H3,(H,17,18). The summed E-state index contributed by atoms with van der Waals surface area (Å²) in [7, 11) is -2.48. The van der Waals surface area contributed by atoms with Crippen molar-refractivity contribution >= 4 is 53.5 Å². The fourth-order valence-corrected chi connectivity index (χ4v) is 4.32. The number of benzene rings is 1. The van der Waals surface area contributed by atoms with E-state index in [2.05, 4.69) is 46.9 Å². The van der Waals surface area contributed by atoms with Crippen LogP contribution in [0.1, 0.15) is 10.4 Å². The maximum absolute atomic E-state index is 12.3. The lowest BCUT2D eigenvalue weighted by atomic mass is 10.2. The van der Waals surface area contributed by atoms with Crippen molar-refractivity contribution in [3.05, 3.63) is 32.8 Å². The Labute approximate surface area is 136 Å². The Morgan fingerprint density at radius 1 is 1.38 bits per heavy atom. The average molecular weight is 440 g/mol. The molecule has 2 rings (SSSR count). The minimum atomic E-state index is -3.92. The van der Waals surface area contributed by atoms with Crippen LogP contribution in [0.2, 0.25) is 0 Å². The van der Waals surface area contributed by atoms with Crippen LogP contribution in [0.3, 0.4) is 0 Å². The number of hydrogen-bond acceptors (Lipinski definition) is 5. The van der Waals surface area contributed by atoms with Gasteiger partial charge in [0.1, 0.15) is 0 Å². The number of aromatic nitrogens is 3. The molecule has 0 saturated carbocycles. The quantitative estimate of drug-likeness (QED) is 0.751. The van der Waals surface area contributed by atoms with E-state index in [0.717, 1.165) is 4.68 Å². The van der Waals surface area contributed by atoms with Crippen molar-refractivity contribution in [2.24, 2.45) is 7.05 Å². The highest BCUT2D eigenvalue weighted by molar-refractivity contribution is 9.10. The highest BCUT2D eigenvalue weighted by atomic mass is 79.9. The molecule has 0 saturated heterocycles. The maximum atomic E-state index is 12.3. The van der Waals surface area contributed by atoms with E-state index in [9.17, 15) is 13.2 Å². The summed E-state index contributed by atoms with van der Waals surface area (Å²) < 4.78 is 28.4. The number of carboxylic acids is 1. The molecule has 0 spiro atoms. The maximum Gasteiger partial charge on any atom is 0.335 e. The molecule has 2 N–H and O–H groups in total. The summed E-state index contributed by atoms with van der Waals surface area (Å²) in [6.07, 6.45) is 0. The number of aromatic carboxylic acids is 1. The second kappa shape index (κ2) is 5.73. The Morgan fingerprint density at radius 3 is 2.52 bits per heavy atom. The van der Waals surface area contributed by atoms with Crippen molar-refractivity contribution in [2.45, 2.75) is 5.03 Å². The molecule has 1 heterocycles. The molecule has 0 atom stereocenters. The van der Waals surface area contributed by atoms with Crippen LogP contribution in [0.25, 0.3) is 0 Å². The van der Waals surface area contributed by atoms with Crippen LogP contribution in [-0.2, 0) is 17.1 Å². The van der Waals surface area contributed by atoms with E-state index in [1.54, 1.807) is 0 Å². The molecular weight excluding hydrogens is 432 g/mol. The van der Waals surface area contributed by atoms with E-state index in [1.807, 2.05) is 0 Å². The zero-order chi connectivity index (χ0) is 15.8. The Balaban J connectivity index is 2.40. The highest BCUT2D eigenvalue weighted by Crippen LogP contribution is 2.27. The molecule has 0 radical (unpaired) electrons. The number of halogens is 2. The van der Waals surface area contributed by atoms with E-state index >= 15 is 0 Å². The van der Waals surface area contributed by atoms with Gasteiger partial charge < -0.3 is 5.11 Å². The van der Waals surface area contributed by atoms with Crippen LogP contribution < -0.4 is 4.72 Å². The first-order chi connectivity index (χ1) is 9.72. The number of nitrogens with one attached hydrogen (secondary N) is 1. The Hall–Kier alpha value is -1.46. The molecule has 112 valence electrons. The number of anilines is 1. The number of carbonyl (C=O) groups is 1. The molecule has 0 bridgehead atoms. The number of sulfonamides is 1. The van der Waals surface area contributed by atoms with Gasteiger partial charge in [0.2, 0.25) is 5.03 Å². The molecular formula is C10H8Br2N4O4S. The molecule has 0 unspecified atom stereocenters. The van der Waals surface area contributed by atoms with Crippen molar-refractivity contribution in [1.82, 2.24) is 15.0 Å². The lowest BCUT2D eigenvalue weighted by Crippen LogP contribution is -2.17. The Kier molecular flexibility index (Phi) is 4.35. The fourth-order valence-electron chi connectivity index (χ4n) is 1.53. The van der Waals surface area contributed by atoms with Crippen molar-refractivity contribution in [2.75, 3.05) is 4.72 Å². The molecule has 0 aliphatic heterocycles. The lowest BCUT2D eigenvalue weighted by molar-refractivity contribution is 0.0697. The van der Waals surface area contributed by atoms with Crippen molar-refractivity contribution in [1.29, 1.82) is 0 Å². The Bertz CT molecular complexity index is 799. The summed E-state index contributed by atoms with van der Waals surface area (Å²) in [6, 6.07) is 3.95. The molecule has 0 amide bonds. The van der Waals surface area contributed by atoms with E-state index in [-0.39, 0.29) is 20.9 Å². The second-order valence-electron chi connectivity index (χ2n) is 3.91. The third kappa shape index (κ3) is 3.24. The summed E-state index contributed by atoms with van der Waals surface area (Å²) >= 11 is 6.14. The minimum Gasteiger partial charge on any atom is -0.478 e. The van der Waals surface area contributed by atoms with Crippen molar-refractivity contribution in [3.63, 3.8) is 0 Å². The van der Waals surface area contributed by atoms with Gasteiger partial charge in [0.05, 0.1) is 11.3 Å². The first kappa shape index (κ1) is 15.9. The first-order valence-corrected chi connectivity index (χ1v) is 8.40. The largest absolute Gasteiger partial charge is 0.478 e. The van der Waals surface area contributed by atoms with Crippen LogP contribution in [0.5, 0.6) is 0 Å². The van der Waals surface area contributed by atoms with Crippen LogP contribution in [-0.4, -0.2) is 34.5 Å². The average Bonchev–Trinajstić information content (AvgIpc) is 2.71. The monoisotopic (exact) mass is 438 g/mol. The molecule has 0 aliphatic rings. The number of carboxylic acid groups (broad SMARTS) is 1. The fraction of sp³-hybridized carbons (Fsp3) is 0.100. The van der Waals surface area contributed by atoms with Gasteiger partial charge in [0, 0.05) is 11.5 Å². The molecule has 11 heteroatoms. The number of hydrogen-bond donors (Lipinski definition) is 2. The van der Waals surface area contributed by atoms with Gasteiger partial charge in [-0.2, -0.15) is 8.42 Å². The second-order valence-corrected chi connectivity index (χ2v) is 7.12. The molecule has 1 aromatic heterocycles. The topological polar surface area (TPSA) is 114 Å². The van der Waals surface area contributed by atoms with Crippen LogP contribution in [0, 0.1) is 0 Å². The minimum absolute atomic E-state index is 0.0354. The van der Waals surface area contributed by atoms with Gasteiger partial charge in [-0.3, -0.25) is 4.72 Å². The summed E-state index contributed by atoms with van der Waals surface area (Å²) in [4.78, 5) is 10.8. The summed E-state index contributed by atoms with van der Waals surface area (Å²) in [6.45, 7) is 0. The smallest absolute Gasteiger partial charge is 0.335 e. The summed E-state index contributed by atoms with van der Waals surface area (Å²) in [5.41, 5.74) is 0.237. The van der Waals surface area contributed by atoms with Gasteiger partial charge in [-0.25, -0.2) is 9.48 Å². The summed E-state index contributed by atoms with van der Waals surface area (Å²) in [5.74, 6) is -1.11. The molecule has 8 nitrogen and oxygen atoms in total. The predicted octanol–water partition coefficient (Wildman–Crippen LogP) is 1.84. The molecule has 2 aromatic rings. The van der Waals surface area contributed by atoms with Crippen LogP contribution >= 0.6 is 31.9 Å². The van der Waals surface area contributed by atoms with Gasteiger partial charge >= 0.3 is 5.97 Å². The molecule has 21 heavy (non-hydrogen) atoms. The normalized spacial score (nSPS) is 11.4. The van der Waals surface area contributed by atoms with E-state index in [0.29, 0.717) is 4.47 Å². The predicted molar refractivity (Wildman–Crippen MR) is 80.6 cm³/mol. The van der Waals surface area contributed by atoms with Gasteiger partial charge in [-0.05, 0) is 50.1 Å². The highest BCUT2D eigenvalue weighted by Gasteiger charge is 2.24. The van der Waals surface area contributed by atoms with Gasteiger partial charge in [0.15, 0.2) is 4.60 Å². The molecule has 0 fully saturated rings. The Morgan fingerprint density at radius 2 is 2.05 bits per heavy atom. The van der Waals surface area contributed by atoms with E-state index in [4.69, 9.17) is 5.11 Å². The van der Waals surface area contributed by atoms with Crippen LogP contribution in [0.4, 0.5) is 5.69 Å². The van der Waals surface area contributed by atoms with Crippen molar-refractivity contribution < 1.29 is 18.3 Å². The third-order valence-electron chi connectivity index (χ3n) is 2.45. The number of aryl methyl sites for hydroxylation is 1. The zero-order valence-electron chi connectivity index (χ0n) is 10.4. The molecule has 1 aromatic carbocycles. The van der Waals surface area contributed by atoms with Crippen molar-refractivity contribution in [3.8, 4) is 0 Å². The number of nitrogens with zero attached hydrogens (tertiary/aromatic N) is 3. The van der Waals surface area contributed by atoms with E-state index in [1.165, 1.54) is 25.2 Å². The third-order valence-corrected chi connectivity index (χ3v) is 5.36. The van der Waals surface area contributed by atoms with Gasteiger partial charge in [-0.1, -0.05) is 5.21 Å². The van der Waals surface area contributed by atoms with E-state index < -0.39 is 16.0 Å². The zero-order valence-corrected chi connectivity index (χ0v) is 14.4. The van der Waals surface area contributed by atoms with Gasteiger partial charge in [-0.15, -0.1) is 5.10 Å². The lowest BCUT2D eigenvalue weighted by Gasteiger charge is -2.10. The van der Waals surface area contributed by atoms with Gasteiger partial charge in [0.25, 0.3) is 10.0 Å². The molecule has 0 aliphatic carbocycles. The SMILES string of the molecule is Cn1nnc(Br)c1S(=O)(=O)Nc1ccc(C(=O)O)cc1Br. The number of rotatable bonds is 4. The first-order valence-electron chi connectivity index (χ1n) is 5.33. The van der Waals surface area contributed by atoms with Crippen LogP contribution in [0.15, 0.2) is 32.3 Å². The summed E-state index contributed by atoms with van der Waals surface area (Å²) in [5, 5.41) is 15.9.